The summed E-state index contributed by atoms with van der Waals surface area (Å²) >= 11 is 0. The Kier molecular flexibility index (Phi) is 11.0. The molecule has 0 bridgehead atoms. The molecule has 22 heavy (non-hydrogen) atoms. The van der Waals surface area contributed by atoms with Gasteiger partial charge >= 0.3 is 29.4 Å². The van der Waals surface area contributed by atoms with Crippen LogP contribution in [0.2, 0.25) is 0 Å². The number of alkyl halides is 6. The molecule has 0 fully saturated rings. The van der Waals surface area contributed by atoms with Crippen LogP contribution in [0.4, 0.5) is 26.3 Å². The molecule has 1 rings (SSSR count). The van der Waals surface area contributed by atoms with Crippen LogP contribution in [0.3, 0.4) is 0 Å². The standard InChI is InChI=1S/C8H12.C5H2F6O2.Cu/c1-2-4-6-8-7-5-3-1;6-4(7,8)2(12)1-3(13)5(9,10)11;/h1-2,7-8H,3-6H2;1,12H;/q;;+1/p-1. The molecule has 130 valence electrons. The number of ketones is 1. The molecule has 0 spiro atoms. The SMILES string of the molecule is C1=CCCC=CCC1.O=C(C=C([O-])C(F)(F)F)C(F)(F)F.[Cu+]. The Morgan fingerprint density at radius 2 is 1.14 bits per heavy atom. The number of carbonyl (C=O) groups excluding carboxylic acids is 1. The van der Waals surface area contributed by atoms with Crippen molar-refractivity contribution in [1.82, 2.24) is 0 Å². The predicted molar refractivity (Wildman–Crippen MR) is 61.9 cm³/mol. The van der Waals surface area contributed by atoms with Gasteiger partial charge in [-0.2, -0.15) is 26.3 Å². The fourth-order valence-electron chi connectivity index (χ4n) is 1.14. The van der Waals surface area contributed by atoms with Crippen molar-refractivity contribution in [3.63, 3.8) is 0 Å². The normalized spacial score (nSPS) is 15.8. The molecule has 1 aliphatic rings. The third-order valence-electron chi connectivity index (χ3n) is 2.15. The fourth-order valence-corrected chi connectivity index (χ4v) is 1.14. The number of hydrogen-bond donors (Lipinski definition) is 0. The van der Waals surface area contributed by atoms with Crippen LogP contribution in [0.25, 0.3) is 0 Å². The second-order valence-electron chi connectivity index (χ2n) is 3.97. The summed E-state index contributed by atoms with van der Waals surface area (Å²) in [5.74, 6) is -5.65. The molecule has 0 saturated carbocycles. The van der Waals surface area contributed by atoms with Gasteiger partial charge in [-0.3, -0.25) is 4.79 Å². The summed E-state index contributed by atoms with van der Waals surface area (Å²) in [6.45, 7) is 0. The first-order chi connectivity index (χ1) is 9.55. The summed E-state index contributed by atoms with van der Waals surface area (Å²) < 4.78 is 67.8. The van der Waals surface area contributed by atoms with Crippen molar-refractivity contribution in [1.29, 1.82) is 0 Å². The Bertz CT molecular complexity index is 395. The molecule has 0 aliphatic heterocycles. The van der Waals surface area contributed by atoms with Crippen LogP contribution >= 0.6 is 0 Å². The zero-order valence-electron chi connectivity index (χ0n) is 11.1. The van der Waals surface area contributed by atoms with Crippen molar-refractivity contribution in [2.75, 3.05) is 0 Å². The van der Waals surface area contributed by atoms with Gasteiger partial charge in [0, 0.05) is 0 Å². The summed E-state index contributed by atoms with van der Waals surface area (Å²) in [6.07, 6.45) is 2.06. The van der Waals surface area contributed by atoms with E-state index >= 15 is 0 Å². The molecule has 2 nitrogen and oxygen atoms in total. The Morgan fingerprint density at radius 3 is 1.36 bits per heavy atom. The maximum Gasteiger partial charge on any atom is 1.00 e. The van der Waals surface area contributed by atoms with E-state index in [1.165, 1.54) is 25.7 Å². The molecule has 0 atom stereocenters. The molecule has 9 heteroatoms. The second-order valence-corrected chi connectivity index (χ2v) is 3.97. The van der Waals surface area contributed by atoms with E-state index in [4.69, 9.17) is 0 Å². The van der Waals surface area contributed by atoms with E-state index in [2.05, 4.69) is 24.3 Å². The van der Waals surface area contributed by atoms with Crippen LogP contribution in [-0.2, 0) is 21.9 Å². The van der Waals surface area contributed by atoms with E-state index in [0.717, 1.165) is 0 Å². The van der Waals surface area contributed by atoms with Gasteiger partial charge in [-0.05, 0) is 37.5 Å². The van der Waals surface area contributed by atoms with E-state index < -0.39 is 30.0 Å². The minimum absolute atomic E-state index is 0. The van der Waals surface area contributed by atoms with Gasteiger partial charge in [0.15, 0.2) is 0 Å². The minimum Gasteiger partial charge on any atom is -0.869 e. The molecule has 0 heterocycles. The molecular weight excluding hydrogens is 366 g/mol. The summed E-state index contributed by atoms with van der Waals surface area (Å²) in [5, 5.41) is 9.82. The maximum atomic E-state index is 11.3. The van der Waals surface area contributed by atoms with Crippen molar-refractivity contribution < 1.29 is 53.3 Å². The zero-order valence-corrected chi connectivity index (χ0v) is 12.0. The quantitative estimate of drug-likeness (QED) is 0.230. The average molecular weight is 379 g/mol. The van der Waals surface area contributed by atoms with Gasteiger partial charge < -0.3 is 5.11 Å². The number of carbonyl (C=O) groups is 1. The number of hydrogen-bond acceptors (Lipinski definition) is 2. The Hall–Kier alpha value is -1.21. The number of rotatable bonds is 1. The van der Waals surface area contributed by atoms with Gasteiger partial charge in [0.1, 0.15) is 0 Å². The summed E-state index contributed by atoms with van der Waals surface area (Å²) in [7, 11) is 0. The molecule has 0 aromatic heterocycles. The van der Waals surface area contributed by atoms with Gasteiger partial charge in [-0.25, -0.2) is 0 Å². The molecule has 0 N–H and O–H groups in total. The molecule has 0 amide bonds. The van der Waals surface area contributed by atoms with Gasteiger partial charge in [0.05, 0.1) is 0 Å². The van der Waals surface area contributed by atoms with Crippen molar-refractivity contribution in [2.24, 2.45) is 0 Å². The minimum atomic E-state index is -5.46. The van der Waals surface area contributed by atoms with Crippen LogP contribution in [0, 0.1) is 0 Å². The van der Waals surface area contributed by atoms with Crippen molar-refractivity contribution in [3.05, 3.63) is 36.1 Å². The molecule has 0 unspecified atom stereocenters. The van der Waals surface area contributed by atoms with Crippen molar-refractivity contribution in [2.45, 2.75) is 38.0 Å². The third kappa shape index (κ3) is 11.4. The second kappa shape index (κ2) is 10.5. The monoisotopic (exact) mass is 378 g/mol. The van der Waals surface area contributed by atoms with E-state index in [9.17, 15) is 36.2 Å². The molecule has 0 aromatic rings. The number of allylic oxidation sites excluding steroid dienone is 6. The van der Waals surface area contributed by atoms with E-state index in [1.54, 1.807) is 0 Å². The third-order valence-corrected chi connectivity index (χ3v) is 2.15. The summed E-state index contributed by atoms with van der Waals surface area (Å²) in [4.78, 5) is 9.82. The van der Waals surface area contributed by atoms with Crippen LogP contribution in [0.5, 0.6) is 0 Å². The molecular formula is C13H13CuF6O2. The van der Waals surface area contributed by atoms with E-state index in [0.29, 0.717) is 0 Å². The van der Waals surface area contributed by atoms with E-state index in [-0.39, 0.29) is 17.1 Å². The van der Waals surface area contributed by atoms with Crippen LogP contribution in [0.1, 0.15) is 25.7 Å². The van der Waals surface area contributed by atoms with Crippen LogP contribution in [-0.4, -0.2) is 18.1 Å². The van der Waals surface area contributed by atoms with Gasteiger partial charge in [-0.15, -0.1) is 0 Å². The smallest absolute Gasteiger partial charge is 0.869 e. The molecule has 0 saturated heterocycles. The largest absolute Gasteiger partial charge is 1.00 e. The molecule has 1 aliphatic carbocycles. The Labute approximate surface area is 134 Å². The predicted octanol–water partition coefficient (Wildman–Crippen LogP) is 3.59. The molecule has 0 radical (unpaired) electrons. The van der Waals surface area contributed by atoms with Gasteiger partial charge in [-0.1, -0.05) is 24.3 Å². The summed E-state index contributed by atoms with van der Waals surface area (Å²) in [6, 6.07) is 0. The average Bonchev–Trinajstić information content (AvgIpc) is 2.25. The Morgan fingerprint density at radius 1 is 0.818 bits per heavy atom. The van der Waals surface area contributed by atoms with Gasteiger partial charge in [0.2, 0.25) is 0 Å². The van der Waals surface area contributed by atoms with Crippen LogP contribution < -0.4 is 5.11 Å². The first-order valence-electron chi connectivity index (χ1n) is 5.92. The van der Waals surface area contributed by atoms with E-state index in [1.807, 2.05) is 0 Å². The zero-order chi connectivity index (χ0) is 16.5. The first kappa shape index (κ1) is 23.1. The van der Waals surface area contributed by atoms with Gasteiger partial charge in [0.25, 0.3) is 5.78 Å². The topological polar surface area (TPSA) is 40.1 Å². The maximum absolute atomic E-state index is 11.3. The Balaban J connectivity index is 0. The van der Waals surface area contributed by atoms with Crippen LogP contribution in [0.15, 0.2) is 36.1 Å². The first-order valence-corrected chi connectivity index (χ1v) is 5.92. The number of halogens is 6. The van der Waals surface area contributed by atoms with Crippen molar-refractivity contribution in [3.8, 4) is 0 Å². The fraction of sp³-hybridized carbons (Fsp3) is 0.462. The summed E-state index contributed by atoms with van der Waals surface area (Å²) in [5.41, 5.74) is 0. The van der Waals surface area contributed by atoms with Crippen molar-refractivity contribution >= 4 is 5.78 Å². The molecule has 0 aromatic carbocycles.